The van der Waals surface area contributed by atoms with Gasteiger partial charge in [-0.25, -0.2) is 0 Å². The first-order valence-electron chi connectivity index (χ1n) is 8.27. The second-order valence-electron chi connectivity index (χ2n) is 5.75. The van der Waals surface area contributed by atoms with Gasteiger partial charge in [0.05, 0.1) is 6.54 Å². The van der Waals surface area contributed by atoms with Crippen molar-refractivity contribution in [3.63, 3.8) is 0 Å². The highest BCUT2D eigenvalue weighted by Gasteiger charge is 2.14. The largest absolute Gasteiger partial charge is 0.348 e. The summed E-state index contributed by atoms with van der Waals surface area (Å²) in [5.74, 6) is -0.827. The Morgan fingerprint density at radius 2 is 1.83 bits per heavy atom. The predicted octanol–water partition coefficient (Wildman–Crippen LogP) is 2.42. The molecule has 1 aromatic heterocycles. The van der Waals surface area contributed by atoms with Crippen LogP contribution in [0.15, 0.2) is 42.7 Å². The van der Waals surface area contributed by atoms with Crippen LogP contribution in [0.2, 0.25) is 0 Å². The van der Waals surface area contributed by atoms with Crippen LogP contribution in [0.5, 0.6) is 0 Å². The molecule has 2 aromatic rings. The van der Waals surface area contributed by atoms with Gasteiger partial charge in [0.25, 0.3) is 0 Å². The lowest BCUT2D eigenvalue weighted by Gasteiger charge is -2.13. The summed E-state index contributed by atoms with van der Waals surface area (Å²) in [6.45, 7) is 5.34. The molecule has 1 heterocycles. The van der Waals surface area contributed by atoms with Crippen molar-refractivity contribution in [3.8, 4) is 0 Å². The average molecular weight is 328 g/mol. The van der Waals surface area contributed by atoms with Gasteiger partial charge in [-0.1, -0.05) is 38.8 Å². The number of aromatic nitrogens is 2. The molecule has 1 aromatic carbocycles. The first-order chi connectivity index (χ1) is 11.6. The summed E-state index contributed by atoms with van der Waals surface area (Å²) in [4.78, 5) is 23.7. The highest BCUT2D eigenvalue weighted by atomic mass is 16.2. The zero-order chi connectivity index (χ0) is 17.4. The number of benzene rings is 1. The summed E-state index contributed by atoms with van der Waals surface area (Å²) in [7, 11) is 0. The lowest BCUT2D eigenvalue weighted by atomic mass is 10.0. The summed E-state index contributed by atoms with van der Waals surface area (Å²) in [6, 6.07) is 9.24. The highest BCUT2D eigenvalue weighted by Crippen LogP contribution is 2.11. The van der Waals surface area contributed by atoms with E-state index < -0.39 is 11.8 Å². The van der Waals surface area contributed by atoms with Gasteiger partial charge in [-0.2, -0.15) is 5.10 Å². The van der Waals surface area contributed by atoms with Gasteiger partial charge in [0.2, 0.25) is 0 Å². The lowest BCUT2D eigenvalue weighted by Crippen LogP contribution is -2.37. The molecule has 0 aliphatic rings. The molecule has 0 aliphatic heterocycles. The van der Waals surface area contributed by atoms with Crippen molar-refractivity contribution in [2.75, 3.05) is 11.9 Å². The minimum atomic E-state index is -0.638. The van der Waals surface area contributed by atoms with Crippen LogP contribution >= 0.6 is 0 Å². The lowest BCUT2D eigenvalue weighted by molar-refractivity contribution is -0.136. The average Bonchev–Trinajstić information content (AvgIpc) is 3.10. The Morgan fingerprint density at radius 3 is 2.42 bits per heavy atom. The summed E-state index contributed by atoms with van der Waals surface area (Å²) in [6.07, 6.45) is 5.58. The van der Waals surface area contributed by atoms with Crippen LogP contribution < -0.4 is 10.6 Å². The SMILES string of the molecule is CCC(CC)CNC(=O)C(=O)Nc1ccc(Cn2cccn2)cc1. The zero-order valence-corrected chi connectivity index (χ0v) is 14.2. The topological polar surface area (TPSA) is 76.0 Å². The summed E-state index contributed by atoms with van der Waals surface area (Å²) in [5, 5.41) is 9.45. The smallest absolute Gasteiger partial charge is 0.313 e. The van der Waals surface area contributed by atoms with E-state index in [9.17, 15) is 9.59 Å². The minimum Gasteiger partial charge on any atom is -0.348 e. The van der Waals surface area contributed by atoms with Crippen molar-refractivity contribution < 1.29 is 9.59 Å². The molecule has 0 bridgehead atoms. The molecular formula is C18H24N4O2. The van der Waals surface area contributed by atoms with E-state index in [1.54, 1.807) is 18.3 Å². The van der Waals surface area contributed by atoms with Gasteiger partial charge in [-0.05, 0) is 29.7 Å². The van der Waals surface area contributed by atoms with Crippen LogP contribution in [0.1, 0.15) is 32.3 Å². The number of nitrogens with zero attached hydrogens (tertiary/aromatic N) is 2. The molecule has 0 spiro atoms. The molecule has 24 heavy (non-hydrogen) atoms. The summed E-state index contributed by atoms with van der Waals surface area (Å²) >= 11 is 0. The first-order valence-corrected chi connectivity index (χ1v) is 8.27. The molecule has 0 unspecified atom stereocenters. The molecule has 0 saturated carbocycles. The third-order valence-electron chi connectivity index (χ3n) is 4.03. The highest BCUT2D eigenvalue weighted by molar-refractivity contribution is 6.39. The Balaban J connectivity index is 1.84. The molecule has 0 fully saturated rings. The standard InChI is InChI=1S/C18H24N4O2/c1-3-14(4-2)12-19-17(23)18(24)21-16-8-6-15(7-9-16)13-22-11-5-10-20-22/h5-11,14H,3-4,12-13H2,1-2H3,(H,19,23)(H,21,24). The minimum absolute atomic E-state index is 0.406. The maximum absolute atomic E-state index is 11.9. The normalized spacial score (nSPS) is 10.6. The Hall–Kier alpha value is -2.63. The molecule has 0 aliphatic carbocycles. The van der Waals surface area contributed by atoms with Gasteiger partial charge < -0.3 is 10.6 Å². The van der Waals surface area contributed by atoms with Crippen LogP contribution in [-0.4, -0.2) is 28.1 Å². The summed E-state index contributed by atoms with van der Waals surface area (Å²) < 4.78 is 1.82. The van der Waals surface area contributed by atoms with Gasteiger partial charge >= 0.3 is 11.8 Å². The van der Waals surface area contributed by atoms with Crippen molar-refractivity contribution in [3.05, 3.63) is 48.3 Å². The van der Waals surface area contributed by atoms with E-state index in [0.29, 0.717) is 24.7 Å². The predicted molar refractivity (Wildman–Crippen MR) is 93.5 cm³/mol. The molecular weight excluding hydrogens is 304 g/mol. The molecule has 6 nitrogen and oxygen atoms in total. The van der Waals surface area contributed by atoms with Gasteiger partial charge in [0.1, 0.15) is 0 Å². The third kappa shape index (κ3) is 5.22. The molecule has 2 rings (SSSR count). The fraction of sp³-hybridized carbons (Fsp3) is 0.389. The monoisotopic (exact) mass is 328 g/mol. The Labute approximate surface area is 142 Å². The van der Waals surface area contributed by atoms with E-state index in [1.807, 2.05) is 29.1 Å². The van der Waals surface area contributed by atoms with Gasteiger partial charge in [0, 0.05) is 24.6 Å². The van der Waals surface area contributed by atoms with Crippen LogP contribution in [-0.2, 0) is 16.1 Å². The van der Waals surface area contributed by atoms with Gasteiger partial charge in [-0.3, -0.25) is 14.3 Å². The van der Waals surface area contributed by atoms with Crippen LogP contribution in [0.25, 0.3) is 0 Å². The van der Waals surface area contributed by atoms with Crippen molar-refractivity contribution in [1.29, 1.82) is 0 Å². The third-order valence-corrected chi connectivity index (χ3v) is 4.03. The van der Waals surface area contributed by atoms with Crippen molar-refractivity contribution in [2.24, 2.45) is 5.92 Å². The van der Waals surface area contributed by atoms with E-state index in [2.05, 4.69) is 29.6 Å². The second-order valence-corrected chi connectivity index (χ2v) is 5.75. The number of rotatable bonds is 7. The first kappa shape index (κ1) is 17.7. The number of amides is 2. The maximum Gasteiger partial charge on any atom is 0.313 e. The molecule has 2 N–H and O–H groups in total. The van der Waals surface area contributed by atoms with Gasteiger partial charge in [0.15, 0.2) is 0 Å². The van der Waals surface area contributed by atoms with E-state index in [1.165, 1.54) is 0 Å². The number of carbonyl (C=O) groups is 2. The van der Waals surface area contributed by atoms with E-state index in [-0.39, 0.29) is 0 Å². The molecule has 0 saturated heterocycles. The molecule has 2 amide bonds. The Bertz CT molecular complexity index is 646. The Kier molecular flexibility index (Phi) is 6.54. The number of hydrogen-bond acceptors (Lipinski definition) is 3. The Morgan fingerprint density at radius 1 is 1.12 bits per heavy atom. The van der Waals surface area contributed by atoms with E-state index in [0.717, 1.165) is 18.4 Å². The number of anilines is 1. The molecule has 128 valence electrons. The van der Waals surface area contributed by atoms with E-state index in [4.69, 9.17) is 0 Å². The van der Waals surface area contributed by atoms with E-state index >= 15 is 0 Å². The van der Waals surface area contributed by atoms with Gasteiger partial charge in [-0.15, -0.1) is 0 Å². The maximum atomic E-state index is 11.9. The second kappa shape index (κ2) is 8.86. The number of nitrogens with one attached hydrogen (secondary N) is 2. The van der Waals surface area contributed by atoms with Crippen molar-refractivity contribution in [1.82, 2.24) is 15.1 Å². The quantitative estimate of drug-likeness (QED) is 0.766. The fourth-order valence-electron chi connectivity index (χ4n) is 2.36. The fourth-order valence-corrected chi connectivity index (χ4v) is 2.36. The van der Waals surface area contributed by atoms with Crippen LogP contribution in [0.4, 0.5) is 5.69 Å². The van der Waals surface area contributed by atoms with Crippen LogP contribution in [0.3, 0.4) is 0 Å². The zero-order valence-electron chi connectivity index (χ0n) is 14.2. The summed E-state index contributed by atoms with van der Waals surface area (Å²) in [5.41, 5.74) is 1.66. The van der Waals surface area contributed by atoms with Crippen LogP contribution in [0, 0.1) is 5.92 Å². The number of carbonyl (C=O) groups excluding carboxylic acids is 2. The van der Waals surface area contributed by atoms with Crippen molar-refractivity contribution >= 4 is 17.5 Å². The van der Waals surface area contributed by atoms with Crippen molar-refractivity contribution in [2.45, 2.75) is 33.2 Å². The molecule has 0 atom stereocenters. The molecule has 6 heteroatoms. The molecule has 0 radical (unpaired) electrons. The number of hydrogen-bond donors (Lipinski definition) is 2.